The zero-order valence-electron chi connectivity index (χ0n) is 4.33. The van der Waals surface area contributed by atoms with E-state index in [1.807, 2.05) is 0 Å². The summed E-state index contributed by atoms with van der Waals surface area (Å²) in [7, 11) is 1.38. The minimum Gasteiger partial charge on any atom is -0.327 e. The highest BCUT2D eigenvalue weighted by atomic mass is 16.1. The Kier molecular flexibility index (Phi) is 1.44. The summed E-state index contributed by atoms with van der Waals surface area (Å²) in [5, 5.41) is 0. The fourth-order valence-corrected chi connectivity index (χ4v) is 0.598. The van der Waals surface area contributed by atoms with E-state index in [1.165, 1.54) is 7.41 Å². The third-order valence-corrected chi connectivity index (χ3v) is 1.03. The van der Waals surface area contributed by atoms with Crippen LogP contribution >= 0.6 is 0 Å². The van der Waals surface area contributed by atoms with Gasteiger partial charge in [0.15, 0.2) is 5.78 Å². The number of ketones is 1. The molecule has 1 heterocycles. The first-order valence-corrected chi connectivity index (χ1v) is 2.37. The van der Waals surface area contributed by atoms with Crippen LogP contribution in [0.1, 0.15) is 0 Å². The highest BCUT2D eigenvalue weighted by Gasteiger charge is 2.22. The van der Waals surface area contributed by atoms with Crippen molar-refractivity contribution in [2.45, 2.75) is 0 Å². The van der Waals surface area contributed by atoms with Crippen molar-refractivity contribution >= 4 is 19.4 Å². The molecular formula is C4H5BNO2. The minimum absolute atomic E-state index is 0.197. The molecule has 4 heteroatoms. The summed E-state index contributed by atoms with van der Waals surface area (Å²) < 4.78 is 0. The minimum atomic E-state index is 0.197. The summed E-state index contributed by atoms with van der Waals surface area (Å²) >= 11 is 0. The third-order valence-electron chi connectivity index (χ3n) is 1.03. The van der Waals surface area contributed by atoms with Gasteiger partial charge in [-0.05, 0) is 0 Å². The molecule has 1 aliphatic heterocycles. The van der Waals surface area contributed by atoms with Gasteiger partial charge in [-0.3, -0.25) is 4.79 Å². The van der Waals surface area contributed by atoms with Crippen LogP contribution in [0.3, 0.4) is 0 Å². The molecule has 1 rings (SSSR count). The van der Waals surface area contributed by atoms with Crippen molar-refractivity contribution in [2.75, 3.05) is 13.1 Å². The Hall–Kier alpha value is -0.635. The summed E-state index contributed by atoms with van der Waals surface area (Å²) in [5.74, 6) is 0.197. The van der Waals surface area contributed by atoms with Crippen LogP contribution in [-0.2, 0) is 9.59 Å². The zero-order valence-corrected chi connectivity index (χ0v) is 4.33. The van der Waals surface area contributed by atoms with Gasteiger partial charge in [0.2, 0.25) is 0 Å². The first-order chi connectivity index (χ1) is 3.83. The second-order valence-electron chi connectivity index (χ2n) is 1.73. The number of nitrogens with zero attached hydrogens (tertiary/aromatic N) is 1. The number of carbonyl (C=O) groups is 2. The van der Waals surface area contributed by atoms with Gasteiger partial charge in [0.25, 0.3) is 7.41 Å². The first kappa shape index (κ1) is 5.50. The quantitative estimate of drug-likeness (QED) is 0.326. The molecule has 41 valence electrons. The van der Waals surface area contributed by atoms with Crippen molar-refractivity contribution in [3.63, 3.8) is 0 Å². The largest absolute Gasteiger partial charge is 0.327 e. The van der Waals surface area contributed by atoms with Crippen LogP contribution in [-0.4, -0.2) is 37.3 Å². The monoisotopic (exact) mass is 110 g/mol. The number of hydrogen-bond acceptors (Lipinski definition) is 3. The molecular weight excluding hydrogens is 105 g/mol. The number of rotatable bonds is 2. The Labute approximate surface area is 47.9 Å². The molecule has 0 aliphatic carbocycles. The van der Waals surface area contributed by atoms with E-state index in [0.29, 0.717) is 19.3 Å². The molecule has 1 radical (unpaired) electrons. The van der Waals surface area contributed by atoms with Crippen LogP contribution in [0, 0.1) is 0 Å². The Bertz CT molecular complexity index is 114. The van der Waals surface area contributed by atoms with Crippen LogP contribution < -0.4 is 0 Å². The Morgan fingerprint density at radius 1 is 1.62 bits per heavy atom. The highest BCUT2D eigenvalue weighted by Crippen LogP contribution is 1.96. The van der Waals surface area contributed by atoms with Gasteiger partial charge in [-0.2, -0.15) is 0 Å². The summed E-state index contributed by atoms with van der Waals surface area (Å²) in [4.78, 5) is 21.6. The van der Waals surface area contributed by atoms with Crippen molar-refractivity contribution in [1.29, 1.82) is 0 Å². The van der Waals surface area contributed by atoms with E-state index in [1.54, 1.807) is 4.81 Å². The first-order valence-electron chi connectivity index (χ1n) is 2.37. The van der Waals surface area contributed by atoms with Crippen molar-refractivity contribution in [1.82, 2.24) is 4.81 Å². The predicted octanol–water partition coefficient (Wildman–Crippen LogP) is -1.32. The normalized spacial score (nSPS) is 19.8. The number of hydrogen-bond donors (Lipinski definition) is 0. The number of Topliss-reactive ketones (excluding diaryl/α,β-unsaturated/α-hetero) is 1. The lowest BCUT2D eigenvalue weighted by Crippen LogP contribution is -2.49. The van der Waals surface area contributed by atoms with Crippen LogP contribution in [0.5, 0.6) is 0 Å². The van der Waals surface area contributed by atoms with Gasteiger partial charge in [-0.1, -0.05) is 0 Å². The van der Waals surface area contributed by atoms with Crippen LogP contribution in [0.2, 0.25) is 0 Å². The van der Waals surface area contributed by atoms with E-state index in [0.717, 1.165) is 0 Å². The van der Waals surface area contributed by atoms with E-state index in [-0.39, 0.29) is 5.78 Å². The maximum absolute atomic E-state index is 10.2. The SMILES string of the molecule is O=C[B]N1CC(=O)C1. The summed E-state index contributed by atoms with van der Waals surface area (Å²) in [6.45, 7) is 0.831. The molecule has 0 unspecified atom stereocenters. The summed E-state index contributed by atoms with van der Waals surface area (Å²) in [6.07, 6.45) is 0.687. The second kappa shape index (κ2) is 2.09. The van der Waals surface area contributed by atoms with Crippen LogP contribution in [0.25, 0.3) is 0 Å². The molecule has 0 spiro atoms. The van der Waals surface area contributed by atoms with Gasteiger partial charge in [-0.25, -0.2) is 0 Å². The Morgan fingerprint density at radius 2 is 2.25 bits per heavy atom. The maximum atomic E-state index is 10.2. The molecule has 0 bridgehead atoms. The van der Waals surface area contributed by atoms with Crippen molar-refractivity contribution in [3.05, 3.63) is 0 Å². The second-order valence-corrected chi connectivity index (χ2v) is 1.73. The van der Waals surface area contributed by atoms with Crippen molar-refractivity contribution in [2.24, 2.45) is 0 Å². The fraction of sp³-hybridized carbons (Fsp3) is 0.500. The van der Waals surface area contributed by atoms with E-state index >= 15 is 0 Å². The Balaban J connectivity index is 2.15. The van der Waals surface area contributed by atoms with Crippen LogP contribution in [0.15, 0.2) is 0 Å². The molecule has 1 saturated heterocycles. The smallest absolute Gasteiger partial charge is 0.293 e. The van der Waals surface area contributed by atoms with E-state index in [9.17, 15) is 9.59 Å². The topological polar surface area (TPSA) is 37.4 Å². The van der Waals surface area contributed by atoms with E-state index < -0.39 is 0 Å². The molecule has 0 saturated carbocycles. The average Bonchev–Trinajstić information content (AvgIpc) is 1.64. The third kappa shape index (κ3) is 0.951. The molecule has 0 aromatic carbocycles. The zero-order chi connectivity index (χ0) is 5.98. The van der Waals surface area contributed by atoms with Gasteiger partial charge in [0, 0.05) is 13.1 Å². The molecule has 1 fully saturated rings. The molecule has 8 heavy (non-hydrogen) atoms. The predicted molar refractivity (Wildman–Crippen MR) is 29.1 cm³/mol. The van der Waals surface area contributed by atoms with Gasteiger partial charge in [0.05, 0.1) is 6.19 Å². The average molecular weight is 110 g/mol. The highest BCUT2D eigenvalue weighted by molar-refractivity contribution is 6.65. The van der Waals surface area contributed by atoms with Crippen molar-refractivity contribution in [3.8, 4) is 0 Å². The number of carbonyl (C=O) groups excluding carboxylic acids is 2. The molecule has 0 aromatic heterocycles. The van der Waals surface area contributed by atoms with Gasteiger partial charge in [-0.15, -0.1) is 0 Å². The van der Waals surface area contributed by atoms with Crippen molar-refractivity contribution < 1.29 is 9.59 Å². The maximum Gasteiger partial charge on any atom is 0.293 e. The lowest BCUT2D eigenvalue weighted by Gasteiger charge is -2.26. The molecule has 1 aliphatic rings. The molecule has 0 N–H and O–H groups in total. The standard InChI is InChI=1S/C4H5BNO2/c7-3-5-6-1-4(8)2-6/h3H,1-2H2. The summed E-state index contributed by atoms with van der Waals surface area (Å²) in [5.41, 5.74) is 0. The molecule has 0 atom stereocenters. The molecule has 0 aromatic rings. The van der Waals surface area contributed by atoms with Crippen LogP contribution in [0.4, 0.5) is 0 Å². The van der Waals surface area contributed by atoms with Gasteiger partial charge < -0.3 is 9.61 Å². The van der Waals surface area contributed by atoms with E-state index in [2.05, 4.69) is 0 Å². The molecule has 3 nitrogen and oxygen atoms in total. The van der Waals surface area contributed by atoms with E-state index in [4.69, 9.17) is 0 Å². The fourth-order valence-electron chi connectivity index (χ4n) is 0.598. The lowest BCUT2D eigenvalue weighted by molar-refractivity contribution is -0.125. The Morgan fingerprint density at radius 3 is 2.62 bits per heavy atom. The van der Waals surface area contributed by atoms with Gasteiger partial charge in [0.1, 0.15) is 0 Å². The lowest BCUT2D eigenvalue weighted by atomic mass is 9.90. The summed E-state index contributed by atoms with van der Waals surface area (Å²) in [6, 6.07) is 0. The van der Waals surface area contributed by atoms with Gasteiger partial charge >= 0.3 is 0 Å². The molecule has 0 amide bonds.